The Hall–Kier alpha value is -3.46. The highest BCUT2D eigenvalue weighted by Crippen LogP contribution is 2.37. The standard InChI is InChI=1S/C30H27F3N2O2S/c31-30(32,33)28-14-8-7-13-27(28)24-17-15-23(16-18-24)21-34-19-20-35(29(22-34)25-9-3-1-4-10-25)38(36,37)26-11-5-2-6-12-26/h1-18,29H,19-22H2. The van der Waals surface area contributed by atoms with E-state index in [0.29, 0.717) is 31.7 Å². The van der Waals surface area contributed by atoms with Gasteiger partial charge in [0, 0.05) is 26.2 Å². The quantitative estimate of drug-likeness (QED) is 0.278. The van der Waals surface area contributed by atoms with E-state index in [4.69, 9.17) is 0 Å². The van der Waals surface area contributed by atoms with Gasteiger partial charge in [-0.2, -0.15) is 17.5 Å². The van der Waals surface area contributed by atoms with Gasteiger partial charge in [-0.25, -0.2) is 8.42 Å². The third kappa shape index (κ3) is 5.53. The molecule has 4 aromatic rings. The third-order valence-electron chi connectivity index (χ3n) is 6.85. The molecule has 1 fully saturated rings. The van der Waals surface area contributed by atoms with E-state index in [1.165, 1.54) is 12.1 Å². The summed E-state index contributed by atoms with van der Waals surface area (Å²) in [6.07, 6.45) is -4.43. The summed E-state index contributed by atoms with van der Waals surface area (Å²) in [6, 6.07) is 30.3. The van der Waals surface area contributed by atoms with Crippen molar-refractivity contribution in [3.8, 4) is 11.1 Å². The molecule has 0 aromatic heterocycles. The maximum absolute atomic E-state index is 13.5. The van der Waals surface area contributed by atoms with Gasteiger partial charge in [0.2, 0.25) is 10.0 Å². The van der Waals surface area contributed by atoms with Crippen LogP contribution in [0.1, 0.15) is 22.7 Å². The predicted octanol–water partition coefficient (Wildman–Crippen LogP) is 6.62. The highest BCUT2D eigenvalue weighted by Gasteiger charge is 2.37. The molecule has 1 aliphatic heterocycles. The van der Waals surface area contributed by atoms with E-state index >= 15 is 0 Å². The predicted molar refractivity (Wildman–Crippen MR) is 142 cm³/mol. The number of hydrogen-bond donors (Lipinski definition) is 0. The number of piperazine rings is 1. The number of alkyl halides is 3. The molecule has 4 nitrogen and oxygen atoms in total. The number of benzene rings is 4. The van der Waals surface area contributed by atoms with Crippen LogP contribution >= 0.6 is 0 Å². The zero-order valence-corrected chi connectivity index (χ0v) is 21.4. The van der Waals surface area contributed by atoms with E-state index in [1.54, 1.807) is 52.8 Å². The van der Waals surface area contributed by atoms with Gasteiger partial charge in [0.05, 0.1) is 16.5 Å². The lowest BCUT2D eigenvalue weighted by atomic mass is 9.98. The molecule has 0 saturated carbocycles. The monoisotopic (exact) mass is 536 g/mol. The van der Waals surface area contributed by atoms with E-state index < -0.39 is 21.8 Å². The molecule has 0 radical (unpaired) electrons. The molecular formula is C30H27F3N2O2S. The van der Waals surface area contributed by atoms with Crippen LogP contribution in [-0.4, -0.2) is 37.3 Å². The molecule has 196 valence electrons. The minimum atomic E-state index is -4.43. The molecule has 1 unspecified atom stereocenters. The molecular weight excluding hydrogens is 509 g/mol. The first-order valence-electron chi connectivity index (χ1n) is 12.3. The van der Waals surface area contributed by atoms with E-state index in [9.17, 15) is 21.6 Å². The van der Waals surface area contributed by atoms with Crippen LogP contribution < -0.4 is 0 Å². The highest BCUT2D eigenvalue weighted by molar-refractivity contribution is 7.89. The Morgan fingerprint density at radius 2 is 1.34 bits per heavy atom. The largest absolute Gasteiger partial charge is 0.417 e. The second-order valence-electron chi connectivity index (χ2n) is 9.33. The van der Waals surface area contributed by atoms with Crippen molar-refractivity contribution in [2.75, 3.05) is 19.6 Å². The summed E-state index contributed by atoms with van der Waals surface area (Å²) < 4.78 is 69.1. The molecule has 1 saturated heterocycles. The molecule has 38 heavy (non-hydrogen) atoms. The van der Waals surface area contributed by atoms with Crippen LogP contribution in [-0.2, 0) is 22.7 Å². The Morgan fingerprint density at radius 1 is 0.737 bits per heavy atom. The zero-order chi connectivity index (χ0) is 26.8. The van der Waals surface area contributed by atoms with Crippen LogP contribution in [0.25, 0.3) is 11.1 Å². The molecule has 8 heteroatoms. The first kappa shape index (κ1) is 26.2. The van der Waals surface area contributed by atoms with Gasteiger partial charge in [-0.3, -0.25) is 4.90 Å². The first-order valence-corrected chi connectivity index (χ1v) is 13.8. The number of sulfonamides is 1. The van der Waals surface area contributed by atoms with E-state index in [2.05, 4.69) is 4.90 Å². The minimum absolute atomic E-state index is 0.149. The van der Waals surface area contributed by atoms with Crippen LogP contribution in [0.4, 0.5) is 13.2 Å². The molecule has 5 rings (SSSR count). The lowest BCUT2D eigenvalue weighted by Crippen LogP contribution is -2.50. The van der Waals surface area contributed by atoms with Crippen molar-refractivity contribution < 1.29 is 21.6 Å². The normalized spacial score (nSPS) is 17.4. The molecule has 0 N–H and O–H groups in total. The summed E-state index contributed by atoms with van der Waals surface area (Å²) in [6.45, 7) is 1.92. The summed E-state index contributed by atoms with van der Waals surface area (Å²) in [4.78, 5) is 2.46. The number of hydrogen-bond acceptors (Lipinski definition) is 3. The number of nitrogens with zero attached hydrogens (tertiary/aromatic N) is 2. The van der Waals surface area contributed by atoms with Gasteiger partial charge >= 0.3 is 6.18 Å². The van der Waals surface area contributed by atoms with E-state index in [1.807, 2.05) is 42.5 Å². The van der Waals surface area contributed by atoms with Crippen LogP contribution in [0, 0.1) is 0 Å². The van der Waals surface area contributed by atoms with Gasteiger partial charge in [0.25, 0.3) is 0 Å². The second kappa shape index (κ2) is 10.7. The summed E-state index contributed by atoms with van der Waals surface area (Å²) in [5, 5.41) is 0. The van der Waals surface area contributed by atoms with Crippen molar-refractivity contribution in [3.05, 3.63) is 126 Å². The molecule has 1 heterocycles. The topological polar surface area (TPSA) is 40.6 Å². The molecule has 0 spiro atoms. The summed E-state index contributed by atoms with van der Waals surface area (Å²) in [7, 11) is -3.69. The summed E-state index contributed by atoms with van der Waals surface area (Å²) in [5.74, 6) is 0. The average molecular weight is 537 g/mol. The van der Waals surface area contributed by atoms with Crippen molar-refractivity contribution in [3.63, 3.8) is 0 Å². The Morgan fingerprint density at radius 3 is 2.00 bits per heavy atom. The molecule has 0 bridgehead atoms. The van der Waals surface area contributed by atoms with Gasteiger partial charge in [0.15, 0.2) is 0 Å². The SMILES string of the molecule is O=S(=O)(c1ccccc1)N1CCN(Cc2ccc(-c3ccccc3C(F)(F)F)cc2)CC1c1ccccc1. The Balaban J connectivity index is 1.37. The fourth-order valence-corrected chi connectivity index (χ4v) is 6.58. The average Bonchev–Trinajstić information content (AvgIpc) is 2.94. The van der Waals surface area contributed by atoms with Crippen LogP contribution in [0.2, 0.25) is 0 Å². The fourth-order valence-electron chi connectivity index (χ4n) is 4.96. The van der Waals surface area contributed by atoms with Gasteiger partial charge in [-0.15, -0.1) is 0 Å². The van der Waals surface area contributed by atoms with E-state index in [0.717, 1.165) is 17.2 Å². The van der Waals surface area contributed by atoms with Gasteiger partial charge in [-0.05, 0) is 40.5 Å². The Labute approximate surface area is 221 Å². The van der Waals surface area contributed by atoms with Crippen LogP contribution in [0.15, 0.2) is 114 Å². The van der Waals surface area contributed by atoms with Crippen molar-refractivity contribution in [1.29, 1.82) is 0 Å². The van der Waals surface area contributed by atoms with Gasteiger partial charge in [-0.1, -0.05) is 91.0 Å². The summed E-state index contributed by atoms with van der Waals surface area (Å²) >= 11 is 0. The third-order valence-corrected chi connectivity index (χ3v) is 8.78. The Bertz CT molecular complexity index is 1480. The number of halogens is 3. The molecule has 1 aliphatic rings. The van der Waals surface area contributed by atoms with Gasteiger partial charge in [0.1, 0.15) is 0 Å². The molecule has 1 atom stereocenters. The van der Waals surface area contributed by atoms with E-state index in [-0.39, 0.29) is 16.5 Å². The van der Waals surface area contributed by atoms with Crippen molar-refractivity contribution >= 4 is 10.0 Å². The fraction of sp³-hybridized carbons (Fsp3) is 0.200. The van der Waals surface area contributed by atoms with Crippen molar-refractivity contribution in [1.82, 2.24) is 9.21 Å². The molecule has 4 aromatic carbocycles. The highest BCUT2D eigenvalue weighted by atomic mass is 32.2. The smallest absolute Gasteiger partial charge is 0.296 e. The lowest BCUT2D eigenvalue weighted by Gasteiger charge is -2.41. The Kier molecular flexibility index (Phi) is 7.38. The lowest BCUT2D eigenvalue weighted by molar-refractivity contribution is -0.137. The van der Waals surface area contributed by atoms with Crippen LogP contribution in [0.5, 0.6) is 0 Å². The molecule has 0 amide bonds. The number of rotatable bonds is 6. The van der Waals surface area contributed by atoms with Crippen molar-refractivity contribution in [2.45, 2.75) is 23.7 Å². The summed E-state index contributed by atoms with van der Waals surface area (Å²) in [5.41, 5.74) is 1.85. The minimum Gasteiger partial charge on any atom is -0.296 e. The second-order valence-corrected chi connectivity index (χ2v) is 11.2. The van der Waals surface area contributed by atoms with Crippen molar-refractivity contribution in [2.24, 2.45) is 0 Å². The molecule has 0 aliphatic carbocycles. The maximum atomic E-state index is 13.5. The maximum Gasteiger partial charge on any atom is 0.417 e. The van der Waals surface area contributed by atoms with Crippen LogP contribution in [0.3, 0.4) is 0 Å². The van der Waals surface area contributed by atoms with Gasteiger partial charge < -0.3 is 0 Å². The zero-order valence-electron chi connectivity index (χ0n) is 20.6. The first-order chi connectivity index (χ1) is 18.2.